The minimum atomic E-state index is -0.323. The van der Waals surface area contributed by atoms with Gasteiger partial charge in [-0.2, -0.15) is 0 Å². The van der Waals surface area contributed by atoms with Gasteiger partial charge < -0.3 is 9.47 Å². The highest BCUT2D eigenvalue weighted by atomic mass is 16.5. The van der Waals surface area contributed by atoms with Crippen LogP contribution in [0.3, 0.4) is 0 Å². The largest absolute Gasteiger partial charge is 0.493 e. The third-order valence-electron chi connectivity index (χ3n) is 6.47. The first-order valence-corrected chi connectivity index (χ1v) is 11.7. The maximum Gasteiger partial charge on any atom is 0.266 e. The van der Waals surface area contributed by atoms with Crippen molar-refractivity contribution < 1.29 is 19.1 Å². The van der Waals surface area contributed by atoms with E-state index in [4.69, 9.17) is 9.47 Å². The molecule has 2 amide bonds. The Hall–Kier alpha value is -3.64. The average Bonchev–Trinajstić information content (AvgIpc) is 3.46. The molecule has 2 heterocycles. The molecule has 174 valence electrons. The minimum Gasteiger partial charge on any atom is -0.493 e. The Morgan fingerprint density at radius 3 is 2.32 bits per heavy atom. The summed E-state index contributed by atoms with van der Waals surface area (Å²) in [5.41, 5.74) is 3.48. The molecule has 5 rings (SSSR count). The van der Waals surface area contributed by atoms with Crippen LogP contribution in [-0.2, 0) is 6.42 Å². The Labute approximate surface area is 199 Å². The van der Waals surface area contributed by atoms with E-state index in [0.29, 0.717) is 41.3 Å². The van der Waals surface area contributed by atoms with Crippen LogP contribution in [0, 0.1) is 0 Å². The topological polar surface area (TPSA) is 59.1 Å². The highest BCUT2D eigenvalue weighted by molar-refractivity contribution is 6.34. The first-order chi connectivity index (χ1) is 16.6. The predicted octanol–water partition coefficient (Wildman–Crippen LogP) is 4.56. The summed E-state index contributed by atoms with van der Waals surface area (Å²) in [6, 6.07) is 20.7. The molecule has 0 spiro atoms. The van der Waals surface area contributed by atoms with Crippen LogP contribution in [0.4, 0.5) is 5.69 Å². The normalized spacial score (nSPS) is 15.6. The van der Waals surface area contributed by atoms with Gasteiger partial charge in [0.1, 0.15) is 6.61 Å². The lowest BCUT2D eigenvalue weighted by Gasteiger charge is -2.18. The summed E-state index contributed by atoms with van der Waals surface area (Å²) in [5.74, 6) is 0.461. The van der Waals surface area contributed by atoms with Crippen molar-refractivity contribution in [1.82, 2.24) is 4.90 Å². The molecular weight excluding hydrogens is 428 g/mol. The number of carbonyl (C=O) groups excluding carboxylic acids is 2. The summed E-state index contributed by atoms with van der Waals surface area (Å²) in [4.78, 5) is 29.9. The number of nitrogens with zero attached hydrogens (tertiary/aromatic N) is 2. The van der Waals surface area contributed by atoms with E-state index in [9.17, 15) is 9.59 Å². The molecule has 0 bridgehead atoms. The van der Waals surface area contributed by atoms with Crippen molar-refractivity contribution in [1.29, 1.82) is 0 Å². The summed E-state index contributed by atoms with van der Waals surface area (Å²) >= 11 is 0. The number of rotatable bonds is 8. The van der Waals surface area contributed by atoms with E-state index in [0.717, 1.165) is 30.8 Å². The molecule has 6 nitrogen and oxygen atoms in total. The predicted molar refractivity (Wildman–Crippen MR) is 131 cm³/mol. The van der Waals surface area contributed by atoms with E-state index < -0.39 is 0 Å². The Morgan fingerprint density at radius 1 is 0.794 bits per heavy atom. The third kappa shape index (κ3) is 4.41. The van der Waals surface area contributed by atoms with E-state index in [-0.39, 0.29) is 11.8 Å². The van der Waals surface area contributed by atoms with Gasteiger partial charge in [-0.05, 0) is 67.7 Å². The molecule has 1 saturated heterocycles. The van der Waals surface area contributed by atoms with Gasteiger partial charge >= 0.3 is 0 Å². The number of carbonyl (C=O) groups is 2. The number of likely N-dealkylation sites (tertiary alicyclic amines) is 1. The monoisotopic (exact) mass is 456 g/mol. The SMILES string of the molecule is COc1cc(N2C(=O)c3ccc(Cc4ccccc4)cc3C2=O)ccc1OCCN1CCCC1. The van der Waals surface area contributed by atoms with Crippen LogP contribution in [0.1, 0.15) is 44.7 Å². The summed E-state index contributed by atoms with van der Waals surface area (Å²) < 4.78 is 11.5. The maximum atomic E-state index is 13.2. The fraction of sp³-hybridized carbons (Fsp3) is 0.286. The summed E-state index contributed by atoms with van der Waals surface area (Å²) in [6.07, 6.45) is 3.19. The number of benzene rings is 3. The molecule has 0 unspecified atom stereocenters. The van der Waals surface area contributed by atoms with Crippen LogP contribution in [0.2, 0.25) is 0 Å². The van der Waals surface area contributed by atoms with Gasteiger partial charge in [-0.15, -0.1) is 0 Å². The zero-order valence-corrected chi connectivity index (χ0v) is 19.3. The highest BCUT2D eigenvalue weighted by Gasteiger charge is 2.37. The summed E-state index contributed by atoms with van der Waals surface area (Å²) in [6.45, 7) is 3.67. The molecular formula is C28H28N2O4. The zero-order valence-electron chi connectivity index (χ0n) is 19.3. The lowest BCUT2D eigenvalue weighted by molar-refractivity contribution is 0.0926. The summed E-state index contributed by atoms with van der Waals surface area (Å²) in [7, 11) is 1.56. The molecule has 0 aromatic heterocycles. The average molecular weight is 457 g/mol. The number of methoxy groups -OCH3 is 1. The number of ether oxygens (including phenoxy) is 2. The smallest absolute Gasteiger partial charge is 0.266 e. The summed E-state index contributed by atoms with van der Waals surface area (Å²) in [5, 5.41) is 0. The van der Waals surface area contributed by atoms with Crippen LogP contribution in [0.5, 0.6) is 11.5 Å². The van der Waals surface area contributed by atoms with Crippen LogP contribution in [0.25, 0.3) is 0 Å². The Kier molecular flexibility index (Phi) is 6.32. The second-order valence-electron chi connectivity index (χ2n) is 8.72. The molecule has 0 atom stereocenters. The lowest BCUT2D eigenvalue weighted by Crippen LogP contribution is -2.29. The van der Waals surface area contributed by atoms with Crippen molar-refractivity contribution in [3.05, 3.63) is 89.0 Å². The second kappa shape index (κ2) is 9.69. The van der Waals surface area contributed by atoms with Crippen LogP contribution < -0.4 is 14.4 Å². The Balaban J connectivity index is 1.33. The number of amides is 2. The lowest BCUT2D eigenvalue weighted by atomic mass is 10.0. The third-order valence-corrected chi connectivity index (χ3v) is 6.47. The zero-order chi connectivity index (χ0) is 23.5. The van der Waals surface area contributed by atoms with E-state index in [1.54, 1.807) is 31.4 Å². The van der Waals surface area contributed by atoms with Crippen LogP contribution >= 0.6 is 0 Å². The molecule has 2 aliphatic heterocycles. The van der Waals surface area contributed by atoms with Gasteiger partial charge in [-0.1, -0.05) is 36.4 Å². The molecule has 0 N–H and O–H groups in total. The maximum absolute atomic E-state index is 13.2. The van der Waals surface area contributed by atoms with Crippen molar-refractivity contribution in [2.75, 3.05) is 38.3 Å². The van der Waals surface area contributed by atoms with Gasteiger partial charge in [0.05, 0.1) is 23.9 Å². The fourth-order valence-corrected chi connectivity index (χ4v) is 4.67. The molecule has 0 radical (unpaired) electrons. The molecule has 0 aliphatic carbocycles. The van der Waals surface area contributed by atoms with E-state index in [2.05, 4.69) is 4.90 Å². The van der Waals surface area contributed by atoms with Gasteiger partial charge in [0.15, 0.2) is 11.5 Å². The van der Waals surface area contributed by atoms with Gasteiger partial charge in [-0.25, -0.2) is 4.90 Å². The van der Waals surface area contributed by atoms with E-state index in [1.165, 1.54) is 17.7 Å². The van der Waals surface area contributed by atoms with Crippen LogP contribution in [0.15, 0.2) is 66.7 Å². The Morgan fingerprint density at radius 2 is 1.56 bits per heavy atom. The van der Waals surface area contributed by atoms with Gasteiger partial charge in [0, 0.05) is 12.6 Å². The van der Waals surface area contributed by atoms with Crippen molar-refractivity contribution in [3.63, 3.8) is 0 Å². The highest BCUT2D eigenvalue weighted by Crippen LogP contribution is 2.36. The molecule has 1 fully saturated rings. The number of hydrogen-bond donors (Lipinski definition) is 0. The molecule has 3 aromatic rings. The second-order valence-corrected chi connectivity index (χ2v) is 8.72. The molecule has 2 aliphatic rings. The first-order valence-electron chi connectivity index (χ1n) is 11.7. The molecule has 3 aromatic carbocycles. The first kappa shape index (κ1) is 22.2. The standard InChI is InChI=1S/C28H28N2O4/c1-33-26-19-22(10-12-25(26)34-16-15-29-13-5-6-14-29)30-27(31)23-11-9-21(18-24(23)28(30)32)17-20-7-3-2-4-8-20/h2-4,7-12,18-19H,5-6,13-17H2,1H3. The van der Waals surface area contributed by atoms with E-state index >= 15 is 0 Å². The van der Waals surface area contributed by atoms with Gasteiger partial charge in [-0.3, -0.25) is 14.5 Å². The number of hydrogen-bond acceptors (Lipinski definition) is 5. The molecule has 6 heteroatoms. The van der Waals surface area contributed by atoms with Crippen molar-refractivity contribution in [2.24, 2.45) is 0 Å². The van der Waals surface area contributed by atoms with Crippen LogP contribution in [-0.4, -0.2) is 50.1 Å². The Bertz CT molecular complexity index is 1200. The van der Waals surface area contributed by atoms with Gasteiger partial charge in [0.25, 0.3) is 11.8 Å². The number of anilines is 1. The molecule has 0 saturated carbocycles. The number of fused-ring (bicyclic) bond motifs is 1. The number of imide groups is 1. The quantitative estimate of drug-likeness (QED) is 0.465. The van der Waals surface area contributed by atoms with Gasteiger partial charge in [0.2, 0.25) is 0 Å². The minimum absolute atomic E-state index is 0.320. The van der Waals surface area contributed by atoms with Crippen molar-refractivity contribution in [2.45, 2.75) is 19.3 Å². The fourth-order valence-electron chi connectivity index (χ4n) is 4.67. The van der Waals surface area contributed by atoms with Crippen molar-refractivity contribution in [3.8, 4) is 11.5 Å². The van der Waals surface area contributed by atoms with E-state index in [1.807, 2.05) is 42.5 Å². The van der Waals surface area contributed by atoms with Crippen molar-refractivity contribution >= 4 is 17.5 Å². The molecule has 34 heavy (non-hydrogen) atoms.